The Morgan fingerprint density at radius 3 is 2.17 bits per heavy atom. The molecule has 1 saturated carbocycles. The van der Waals surface area contributed by atoms with Gasteiger partial charge in [0.15, 0.2) is 0 Å². The van der Waals surface area contributed by atoms with E-state index in [9.17, 15) is 9.59 Å². The summed E-state index contributed by atoms with van der Waals surface area (Å²) in [6.07, 6.45) is 4.63. The molecule has 0 radical (unpaired) electrons. The normalized spacial score (nSPS) is 14.4. The lowest BCUT2D eigenvalue weighted by Gasteiger charge is -2.32. The molecule has 4 nitrogen and oxygen atoms in total. The lowest BCUT2D eigenvalue weighted by atomic mass is 10.0. The Bertz CT molecular complexity index is 1160. The lowest BCUT2D eigenvalue weighted by molar-refractivity contribution is -0.141. The third-order valence-corrected chi connectivity index (χ3v) is 7.54. The standard InChI is InChI=1S/C30H32Cl2N2O2/c1-21-14-16-23(17-15-21)20-34(29(35)19-25-26(31)12-7-13-27(25)32)28(18-22-8-3-2-4-9-22)30(36)33-24-10-5-6-11-24/h2-4,7-9,12-17,24,28H,5-6,10-11,18-20H2,1H3,(H,33,36). The molecule has 0 heterocycles. The molecular weight excluding hydrogens is 491 g/mol. The van der Waals surface area contributed by atoms with Crippen LogP contribution in [0, 0.1) is 6.92 Å². The molecule has 2 amide bonds. The van der Waals surface area contributed by atoms with Crippen LogP contribution in [0.25, 0.3) is 0 Å². The number of hydrogen-bond donors (Lipinski definition) is 1. The summed E-state index contributed by atoms with van der Waals surface area (Å²) >= 11 is 12.8. The van der Waals surface area contributed by atoms with Crippen molar-refractivity contribution in [2.45, 2.75) is 64.1 Å². The molecule has 1 unspecified atom stereocenters. The van der Waals surface area contributed by atoms with Gasteiger partial charge in [-0.3, -0.25) is 9.59 Å². The molecule has 0 saturated heterocycles. The van der Waals surface area contributed by atoms with Crippen LogP contribution in [-0.4, -0.2) is 28.8 Å². The molecule has 4 rings (SSSR count). The van der Waals surface area contributed by atoms with E-state index in [2.05, 4.69) is 5.32 Å². The Balaban J connectivity index is 1.68. The van der Waals surface area contributed by atoms with Crippen LogP contribution < -0.4 is 5.32 Å². The van der Waals surface area contributed by atoms with Gasteiger partial charge in [0.1, 0.15) is 6.04 Å². The number of carbonyl (C=O) groups is 2. The average molecular weight is 524 g/mol. The molecule has 1 aliphatic carbocycles. The van der Waals surface area contributed by atoms with Crippen LogP contribution in [0.4, 0.5) is 0 Å². The van der Waals surface area contributed by atoms with E-state index in [0.717, 1.165) is 42.4 Å². The lowest BCUT2D eigenvalue weighted by Crippen LogP contribution is -2.52. The van der Waals surface area contributed by atoms with Gasteiger partial charge in [-0.1, -0.05) is 102 Å². The maximum Gasteiger partial charge on any atom is 0.243 e. The summed E-state index contributed by atoms with van der Waals surface area (Å²) in [6, 6.07) is 22.6. The Kier molecular flexibility index (Phi) is 9.06. The fraction of sp³-hybridized carbons (Fsp3) is 0.333. The fourth-order valence-electron chi connectivity index (χ4n) is 4.77. The number of benzene rings is 3. The molecule has 1 N–H and O–H groups in total. The molecule has 1 atom stereocenters. The minimum atomic E-state index is -0.664. The maximum absolute atomic E-state index is 13.9. The first-order valence-corrected chi connectivity index (χ1v) is 13.3. The summed E-state index contributed by atoms with van der Waals surface area (Å²) in [5.74, 6) is -0.301. The number of rotatable bonds is 9. The quantitative estimate of drug-likeness (QED) is 0.346. The Hall–Kier alpha value is -2.82. The zero-order valence-electron chi connectivity index (χ0n) is 20.6. The summed E-state index contributed by atoms with van der Waals surface area (Å²) in [4.78, 5) is 29.3. The van der Waals surface area contributed by atoms with Gasteiger partial charge in [-0.2, -0.15) is 0 Å². The first kappa shape index (κ1) is 26.2. The predicted octanol–water partition coefficient (Wildman–Crippen LogP) is 6.54. The maximum atomic E-state index is 13.9. The van der Waals surface area contributed by atoms with Gasteiger partial charge >= 0.3 is 0 Å². The van der Waals surface area contributed by atoms with Crippen molar-refractivity contribution in [1.82, 2.24) is 10.2 Å². The number of carbonyl (C=O) groups excluding carboxylic acids is 2. The second kappa shape index (κ2) is 12.4. The van der Waals surface area contributed by atoms with Crippen LogP contribution in [0.2, 0.25) is 10.0 Å². The molecule has 3 aromatic carbocycles. The minimum absolute atomic E-state index is 0.0202. The largest absolute Gasteiger partial charge is 0.352 e. The second-order valence-electron chi connectivity index (χ2n) is 9.58. The number of nitrogens with zero attached hydrogens (tertiary/aromatic N) is 1. The van der Waals surface area contributed by atoms with Crippen molar-refractivity contribution < 1.29 is 9.59 Å². The Morgan fingerprint density at radius 1 is 0.889 bits per heavy atom. The predicted molar refractivity (Wildman–Crippen MR) is 146 cm³/mol. The third-order valence-electron chi connectivity index (χ3n) is 6.84. The van der Waals surface area contributed by atoms with Crippen LogP contribution in [0.3, 0.4) is 0 Å². The first-order valence-electron chi connectivity index (χ1n) is 12.5. The number of aryl methyl sites for hydroxylation is 1. The van der Waals surface area contributed by atoms with E-state index in [4.69, 9.17) is 23.2 Å². The van der Waals surface area contributed by atoms with Crippen molar-refractivity contribution in [3.63, 3.8) is 0 Å². The zero-order chi connectivity index (χ0) is 25.5. The van der Waals surface area contributed by atoms with Gasteiger partial charge in [-0.05, 0) is 48.6 Å². The minimum Gasteiger partial charge on any atom is -0.352 e. The number of nitrogens with one attached hydrogen (secondary N) is 1. The molecule has 0 aromatic heterocycles. The van der Waals surface area contributed by atoms with E-state index in [-0.39, 0.29) is 24.3 Å². The number of hydrogen-bond acceptors (Lipinski definition) is 2. The summed E-state index contributed by atoms with van der Waals surface area (Å²) in [7, 11) is 0. The zero-order valence-corrected chi connectivity index (χ0v) is 22.1. The molecular formula is C30H32Cl2N2O2. The van der Waals surface area contributed by atoms with Crippen LogP contribution in [0.5, 0.6) is 0 Å². The van der Waals surface area contributed by atoms with E-state index in [1.807, 2.05) is 61.5 Å². The molecule has 1 fully saturated rings. The average Bonchev–Trinajstić information content (AvgIpc) is 3.38. The highest BCUT2D eigenvalue weighted by atomic mass is 35.5. The number of amides is 2. The van der Waals surface area contributed by atoms with Crippen molar-refractivity contribution in [2.24, 2.45) is 0 Å². The molecule has 188 valence electrons. The van der Waals surface area contributed by atoms with Crippen LogP contribution in [-0.2, 0) is 29.0 Å². The molecule has 0 aliphatic heterocycles. The van der Waals surface area contributed by atoms with Gasteiger partial charge in [0.2, 0.25) is 11.8 Å². The van der Waals surface area contributed by atoms with E-state index in [1.54, 1.807) is 23.1 Å². The highest BCUT2D eigenvalue weighted by Crippen LogP contribution is 2.27. The summed E-state index contributed by atoms with van der Waals surface area (Å²) < 4.78 is 0. The van der Waals surface area contributed by atoms with E-state index >= 15 is 0 Å². The van der Waals surface area contributed by atoms with E-state index < -0.39 is 6.04 Å². The van der Waals surface area contributed by atoms with E-state index in [0.29, 0.717) is 28.6 Å². The van der Waals surface area contributed by atoms with Gasteiger partial charge in [0.05, 0.1) is 6.42 Å². The SMILES string of the molecule is Cc1ccc(CN(C(=O)Cc2c(Cl)cccc2Cl)C(Cc2ccccc2)C(=O)NC2CCCC2)cc1. The highest BCUT2D eigenvalue weighted by Gasteiger charge is 2.32. The van der Waals surface area contributed by atoms with Crippen molar-refractivity contribution >= 4 is 35.0 Å². The summed E-state index contributed by atoms with van der Waals surface area (Å²) in [5, 5.41) is 4.12. The van der Waals surface area contributed by atoms with Crippen molar-refractivity contribution in [2.75, 3.05) is 0 Å². The fourth-order valence-corrected chi connectivity index (χ4v) is 5.30. The van der Waals surface area contributed by atoms with Gasteiger partial charge in [-0.25, -0.2) is 0 Å². The van der Waals surface area contributed by atoms with E-state index in [1.165, 1.54) is 0 Å². The summed E-state index contributed by atoms with van der Waals surface area (Å²) in [6.45, 7) is 2.34. The van der Waals surface area contributed by atoms with Crippen molar-refractivity contribution in [1.29, 1.82) is 0 Å². The highest BCUT2D eigenvalue weighted by molar-refractivity contribution is 6.36. The topological polar surface area (TPSA) is 49.4 Å². The van der Waals surface area contributed by atoms with Gasteiger partial charge < -0.3 is 10.2 Å². The third kappa shape index (κ3) is 6.89. The number of halogens is 2. The molecule has 6 heteroatoms. The van der Waals surface area contributed by atoms with Crippen LogP contribution >= 0.6 is 23.2 Å². The molecule has 3 aromatic rings. The smallest absolute Gasteiger partial charge is 0.243 e. The molecule has 1 aliphatic rings. The molecule has 0 bridgehead atoms. The van der Waals surface area contributed by atoms with Gasteiger partial charge in [-0.15, -0.1) is 0 Å². The van der Waals surface area contributed by atoms with Gasteiger partial charge in [0.25, 0.3) is 0 Å². The van der Waals surface area contributed by atoms with Crippen LogP contribution in [0.15, 0.2) is 72.8 Å². The van der Waals surface area contributed by atoms with Crippen LogP contribution in [0.1, 0.15) is 47.9 Å². The van der Waals surface area contributed by atoms with Crippen molar-refractivity contribution in [3.8, 4) is 0 Å². The Morgan fingerprint density at radius 2 is 1.53 bits per heavy atom. The summed E-state index contributed by atoms with van der Waals surface area (Å²) in [5.41, 5.74) is 3.68. The van der Waals surface area contributed by atoms with Gasteiger partial charge in [0, 0.05) is 29.1 Å². The van der Waals surface area contributed by atoms with Crippen molar-refractivity contribution in [3.05, 3.63) is 105 Å². The molecule has 0 spiro atoms. The molecule has 36 heavy (non-hydrogen) atoms. The Labute approximate surface area is 223 Å². The first-order chi connectivity index (χ1) is 17.4. The monoisotopic (exact) mass is 522 g/mol. The second-order valence-corrected chi connectivity index (χ2v) is 10.4.